The number of rotatable bonds is 2. The average molecular weight is 378 g/mol. The van der Waals surface area contributed by atoms with Gasteiger partial charge in [-0.15, -0.1) is 0 Å². The molecule has 1 fully saturated rings. The van der Waals surface area contributed by atoms with E-state index in [9.17, 15) is 4.79 Å². The maximum atomic E-state index is 13.2. The maximum absolute atomic E-state index is 13.2. The average Bonchev–Trinajstić information content (AvgIpc) is 3.29. The Morgan fingerprint density at radius 1 is 1.29 bits per heavy atom. The van der Waals surface area contributed by atoms with Gasteiger partial charge in [0.05, 0.1) is 11.1 Å². The molecule has 2 aliphatic rings. The number of carbonyl (C=O) groups excluding carboxylic acids is 1. The molecule has 0 N–H and O–H groups in total. The van der Waals surface area contributed by atoms with Gasteiger partial charge in [-0.1, -0.05) is 5.16 Å². The fourth-order valence-electron chi connectivity index (χ4n) is 4.53. The smallest absolute Gasteiger partial charge is 0.293 e. The van der Waals surface area contributed by atoms with E-state index in [1.165, 1.54) is 5.56 Å². The molecular formula is C20H22N6O2. The van der Waals surface area contributed by atoms with E-state index in [1.807, 2.05) is 36.2 Å². The van der Waals surface area contributed by atoms with Crippen molar-refractivity contribution < 1.29 is 9.32 Å². The van der Waals surface area contributed by atoms with Crippen molar-refractivity contribution in [3.63, 3.8) is 0 Å². The van der Waals surface area contributed by atoms with E-state index in [-0.39, 0.29) is 17.1 Å². The molecule has 1 amide bonds. The van der Waals surface area contributed by atoms with Crippen LogP contribution in [0.3, 0.4) is 0 Å². The Morgan fingerprint density at radius 3 is 3.04 bits per heavy atom. The molecule has 0 bridgehead atoms. The first kappa shape index (κ1) is 17.1. The second-order valence-electron chi connectivity index (χ2n) is 7.94. The molecule has 28 heavy (non-hydrogen) atoms. The Labute approximate surface area is 162 Å². The number of likely N-dealkylation sites (tertiary alicyclic amines) is 1. The lowest BCUT2D eigenvalue weighted by Crippen LogP contribution is -2.48. The number of piperidine rings is 1. The number of pyridine rings is 1. The van der Waals surface area contributed by atoms with Gasteiger partial charge in [0.2, 0.25) is 17.4 Å². The van der Waals surface area contributed by atoms with Gasteiger partial charge in [0.15, 0.2) is 0 Å². The zero-order valence-corrected chi connectivity index (χ0v) is 16.1. The first-order valence-electron chi connectivity index (χ1n) is 9.61. The summed E-state index contributed by atoms with van der Waals surface area (Å²) in [7, 11) is 3.90. The summed E-state index contributed by atoms with van der Waals surface area (Å²) in [6.45, 7) is 1.36. The molecule has 1 aliphatic heterocycles. The van der Waals surface area contributed by atoms with Gasteiger partial charge >= 0.3 is 0 Å². The number of anilines is 1. The van der Waals surface area contributed by atoms with E-state index in [1.54, 1.807) is 12.3 Å². The predicted molar refractivity (Wildman–Crippen MR) is 103 cm³/mol. The number of aryl methyl sites for hydroxylation is 1. The maximum Gasteiger partial charge on any atom is 0.293 e. The summed E-state index contributed by atoms with van der Waals surface area (Å²) in [5.74, 6) is 0.871. The molecule has 1 unspecified atom stereocenters. The van der Waals surface area contributed by atoms with Gasteiger partial charge in [-0.25, -0.2) is 15.0 Å². The molecule has 1 atom stereocenters. The largest absolute Gasteiger partial charge is 0.348 e. The molecule has 8 heteroatoms. The molecule has 0 aromatic carbocycles. The first-order chi connectivity index (χ1) is 13.6. The molecule has 5 rings (SSSR count). The summed E-state index contributed by atoms with van der Waals surface area (Å²) in [4.78, 5) is 30.5. The van der Waals surface area contributed by atoms with E-state index in [0.29, 0.717) is 24.1 Å². The quantitative estimate of drug-likeness (QED) is 0.675. The minimum Gasteiger partial charge on any atom is -0.348 e. The fourth-order valence-corrected chi connectivity index (χ4v) is 4.53. The predicted octanol–water partition coefficient (Wildman–Crippen LogP) is 2.20. The Balaban J connectivity index is 1.48. The standard InChI is InChI=1S/C20H22N6O2/c1-25(2)19-22-11-13-6-8-20(16(13)23-19)7-4-10-26(12-20)18(27)15-14-5-3-9-21-17(14)24-28-15/h3,5,9,11H,4,6-8,10,12H2,1-2H3. The molecule has 3 aromatic rings. The van der Waals surface area contributed by atoms with Crippen molar-refractivity contribution in [1.82, 2.24) is 25.0 Å². The summed E-state index contributed by atoms with van der Waals surface area (Å²) in [6.07, 6.45) is 7.52. The lowest BCUT2D eigenvalue weighted by molar-refractivity contribution is 0.0595. The topological polar surface area (TPSA) is 88.3 Å². The van der Waals surface area contributed by atoms with Gasteiger partial charge in [-0.2, -0.15) is 0 Å². The van der Waals surface area contributed by atoms with Crippen LogP contribution in [0.4, 0.5) is 5.95 Å². The van der Waals surface area contributed by atoms with E-state index in [4.69, 9.17) is 9.51 Å². The van der Waals surface area contributed by atoms with Crippen LogP contribution in [0.25, 0.3) is 11.0 Å². The lowest BCUT2D eigenvalue weighted by atomic mass is 9.77. The molecule has 144 valence electrons. The highest BCUT2D eigenvalue weighted by atomic mass is 16.5. The second-order valence-corrected chi connectivity index (χ2v) is 7.94. The molecule has 3 aromatic heterocycles. The van der Waals surface area contributed by atoms with Crippen molar-refractivity contribution in [3.05, 3.63) is 41.5 Å². The van der Waals surface area contributed by atoms with Gasteiger partial charge in [0, 0.05) is 45.0 Å². The Morgan fingerprint density at radius 2 is 2.18 bits per heavy atom. The van der Waals surface area contributed by atoms with Crippen molar-refractivity contribution >= 4 is 22.9 Å². The summed E-state index contributed by atoms with van der Waals surface area (Å²) in [6, 6.07) is 3.62. The van der Waals surface area contributed by atoms with Crippen LogP contribution >= 0.6 is 0 Å². The fraction of sp³-hybridized carbons (Fsp3) is 0.450. The van der Waals surface area contributed by atoms with E-state index in [2.05, 4.69) is 15.1 Å². The highest BCUT2D eigenvalue weighted by molar-refractivity contribution is 6.02. The van der Waals surface area contributed by atoms with Crippen molar-refractivity contribution in [3.8, 4) is 0 Å². The van der Waals surface area contributed by atoms with Gasteiger partial charge in [-0.3, -0.25) is 4.79 Å². The number of fused-ring (bicyclic) bond motifs is 3. The van der Waals surface area contributed by atoms with Crippen LogP contribution in [0.1, 0.15) is 41.1 Å². The van der Waals surface area contributed by atoms with Gasteiger partial charge in [-0.05, 0) is 43.4 Å². The number of amides is 1. The molecule has 1 saturated heterocycles. The van der Waals surface area contributed by atoms with E-state index < -0.39 is 0 Å². The number of aromatic nitrogens is 4. The number of hydrogen-bond donors (Lipinski definition) is 0. The highest BCUT2D eigenvalue weighted by Crippen LogP contribution is 2.44. The molecule has 8 nitrogen and oxygen atoms in total. The molecule has 0 radical (unpaired) electrons. The van der Waals surface area contributed by atoms with Gasteiger partial charge in [0.25, 0.3) is 5.91 Å². The van der Waals surface area contributed by atoms with Crippen molar-refractivity contribution in [2.24, 2.45) is 0 Å². The van der Waals surface area contributed by atoms with Crippen molar-refractivity contribution in [2.45, 2.75) is 31.1 Å². The van der Waals surface area contributed by atoms with Crippen LogP contribution in [0.15, 0.2) is 29.0 Å². The Kier molecular flexibility index (Phi) is 3.82. The zero-order chi connectivity index (χ0) is 19.3. The summed E-state index contributed by atoms with van der Waals surface area (Å²) in [5, 5.41) is 4.59. The first-order valence-corrected chi connectivity index (χ1v) is 9.61. The Bertz CT molecular complexity index is 1060. The molecular weight excluding hydrogens is 356 g/mol. The monoisotopic (exact) mass is 378 g/mol. The number of carbonyl (C=O) groups is 1. The van der Waals surface area contributed by atoms with Crippen LogP contribution in [0.2, 0.25) is 0 Å². The van der Waals surface area contributed by atoms with Crippen molar-refractivity contribution in [2.75, 3.05) is 32.1 Å². The lowest BCUT2D eigenvalue weighted by Gasteiger charge is -2.40. The van der Waals surface area contributed by atoms with Crippen LogP contribution < -0.4 is 4.90 Å². The third-order valence-electron chi connectivity index (χ3n) is 5.94. The molecule has 1 aliphatic carbocycles. The Hall–Kier alpha value is -3.03. The van der Waals surface area contributed by atoms with Gasteiger partial charge < -0.3 is 14.3 Å². The minimum atomic E-state index is -0.120. The van der Waals surface area contributed by atoms with Crippen LogP contribution in [0.5, 0.6) is 0 Å². The van der Waals surface area contributed by atoms with Crippen molar-refractivity contribution in [1.29, 1.82) is 0 Å². The number of hydrogen-bond acceptors (Lipinski definition) is 7. The third kappa shape index (κ3) is 2.55. The normalized spacial score (nSPS) is 21.3. The third-order valence-corrected chi connectivity index (χ3v) is 5.94. The number of nitrogens with zero attached hydrogens (tertiary/aromatic N) is 6. The zero-order valence-electron chi connectivity index (χ0n) is 16.1. The minimum absolute atomic E-state index is 0.106. The molecule has 1 spiro atoms. The van der Waals surface area contributed by atoms with Crippen LogP contribution in [-0.2, 0) is 11.8 Å². The van der Waals surface area contributed by atoms with Gasteiger partial charge in [0.1, 0.15) is 0 Å². The second kappa shape index (κ2) is 6.25. The van der Waals surface area contributed by atoms with Crippen LogP contribution in [-0.4, -0.2) is 58.1 Å². The van der Waals surface area contributed by atoms with E-state index in [0.717, 1.165) is 37.3 Å². The van der Waals surface area contributed by atoms with E-state index >= 15 is 0 Å². The molecule has 0 saturated carbocycles. The molecule has 4 heterocycles. The highest BCUT2D eigenvalue weighted by Gasteiger charge is 2.45. The summed E-state index contributed by atoms with van der Waals surface area (Å²) in [5.41, 5.74) is 2.67. The SMILES string of the molecule is CN(C)c1ncc2c(n1)C1(CCCN(C(=O)c3onc4ncccc34)C1)CC2. The van der Waals surface area contributed by atoms with Crippen LogP contribution in [0, 0.1) is 0 Å². The summed E-state index contributed by atoms with van der Waals surface area (Å²) >= 11 is 0. The summed E-state index contributed by atoms with van der Waals surface area (Å²) < 4.78 is 5.37.